The molecule has 2 aliphatic rings. The third-order valence-electron chi connectivity index (χ3n) is 6.44. The van der Waals surface area contributed by atoms with E-state index >= 15 is 0 Å². The van der Waals surface area contributed by atoms with Crippen LogP contribution in [0.1, 0.15) is 63.6 Å². The number of nitrogens with one attached hydrogen (secondary N) is 2. The summed E-state index contributed by atoms with van der Waals surface area (Å²) in [5.41, 5.74) is 2.10. The van der Waals surface area contributed by atoms with Crippen molar-refractivity contribution in [3.8, 4) is 5.75 Å². The molecule has 2 atom stereocenters. The Bertz CT molecular complexity index is 1160. The van der Waals surface area contributed by atoms with E-state index in [-0.39, 0.29) is 34.8 Å². The molecule has 7 nitrogen and oxygen atoms in total. The van der Waals surface area contributed by atoms with Crippen LogP contribution in [0.15, 0.2) is 47.4 Å². The van der Waals surface area contributed by atoms with Crippen LogP contribution >= 0.6 is 11.6 Å². The molecule has 0 radical (unpaired) electrons. The first-order valence-corrected chi connectivity index (χ1v) is 13.9. The van der Waals surface area contributed by atoms with Crippen molar-refractivity contribution < 1.29 is 17.9 Å². The summed E-state index contributed by atoms with van der Waals surface area (Å²) in [6.07, 6.45) is 2.20. The van der Waals surface area contributed by atoms with E-state index in [2.05, 4.69) is 37.5 Å². The number of ether oxygens (including phenoxy) is 1. The van der Waals surface area contributed by atoms with Crippen LogP contribution in [0.5, 0.6) is 5.75 Å². The molecule has 0 aliphatic carbocycles. The summed E-state index contributed by atoms with van der Waals surface area (Å²) < 4.78 is 33.7. The number of rotatable bonds is 7. The zero-order chi connectivity index (χ0) is 25.2. The Balaban J connectivity index is 1.41. The van der Waals surface area contributed by atoms with E-state index in [4.69, 9.17) is 16.3 Å². The molecule has 0 spiro atoms. The van der Waals surface area contributed by atoms with Gasteiger partial charge in [-0.1, -0.05) is 23.7 Å². The van der Waals surface area contributed by atoms with Crippen LogP contribution in [0.25, 0.3) is 0 Å². The Kier molecular flexibility index (Phi) is 7.76. The Hall–Kier alpha value is -2.13. The zero-order valence-corrected chi connectivity index (χ0v) is 22.1. The number of halogens is 1. The summed E-state index contributed by atoms with van der Waals surface area (Å²) in [6, 6.07) is 11.8. The van der Waals surface area contributed by atoms with Crippen LogP contribution in [-0.2, 0) is 21.4 Å². The first kappa shape index (κ1) is 25.9. The number of amides is 1. The van der Waals surface area contributed by atoms with Gasteiger partial charge < -0.3 is 15.4 Å². The second kappa shape index (κ2) is 10.5. The second-order valence-electron chi connectivity index (χ2n) is 10.3. The summed E-state index contributed by atoms with van der Waals surface area (Å²) in [5, 5.41) is 7.08. The van der Waals surface area contributed by atoms with Crippen LogP contribution in [0.4, 0.5) is 0 Å². The van der Waals surface area contributed by atoms with Gasteiger partial charge in [0.05, 0.1) is 17.5 Å². The predicted molar refractivity (Wildman–Crippen MR) is 137 cm³/mol. The van der Waals surface area contributed by atoms with E-state index in [1.54, 1.807) is 12.1 Å². The molecule has 2 aromatic rings. The Morgan fingerprint density at radius 3 is 2.60 bits per heavy atom. The van der Waals surface area contributed by atoms with Crippen LogP contribution in [0.2, 0.25) is 5.02 Å². The van der Waals surface area contributed by atoms with E-state index in [9.17, 15) is 13.2 Å². The van der Waals surface area contributed by atoms with Crippen molar-refractivity contribution in [3.63, 3.8) is 0 Å². The Morgan fingerprint density at radius 1 is 1.14 bits per heavy atom. The monoisotopic (exact) mass is 519 g/mol. The smallest absolute Gasteiger partial charge is 0.243 e. The minimum atomic E-state index is -3.68. The molecule has 190 valence electrons. The van der Waals surface area contributed by atoms with Gasteiger partial charge in [-0.3, -0.25) is 4.79 Å². The number of benzene rings is 2. The lowest BCUT2D eigenvalue weighted by molar-refractivity contribution is -0.122. The average molecular weight is 520 g/mol. The third-order valence-corrected chi connectivity index (χ3v) is 8.66. The molecule has 2 aromatic carbocycles. The molecule has 1 amide bonds. The van der Waals surface area contributed by atoms with E-state index in [0.29, 0.717) is 31.0 Å². The van der Waals surface area contributed by atoms with Crippen molar-refractivity contribution >= 4 is 27.5 Å². The maximum atomic E-state index is 13.2. The third kappa shape index (κ3) is 6.36. The summed E-state index contributed by atoms with van der Waals surface area (Å²) in [7, 11) is -3.68. The van der Waals surface area contributed by atoms with Crippen LogP contribution < -0.4 is 15.4 Å². The first-order valence-electron chi connectivity index (χ1n) is 12.1. The van der Waals surface area contributed by atoms with E-state index in [0.717, 1.165) is 29.8 Å². The molecule has 0 aromatic heterocycles. The molecule has 0 bridgehead atoms. The molecule has 1 fully saturated rings. The van der Waals surface area contributed by atoms with Crippen LogP contribution in [0, 0.1) is 0 Å². The highest BCUT2D eigenvalue weighted by Gasteiger charge is 2.37. The van der Waals surface area contributed by atoms with Gasteiger partial charge in [0.2, 0.25) is 15.9 Å². The maximum Gasteiger partial charge on any atom is 0.243 e. The predicted octanol–water partition coefficient (Wildman–Crippen LogP) is 4.41. The minimum absolute atomic E-state index is 0.0163. The molecular formula is C26H34ClN3O4S. The maximum absolute atomic E-state index is 13.2. The molecule has 0 unspecified atom stereocenters. The lowest BCUT2D eigenvalue weighted by atomic mass is 9.98. The quantitative estimate of drug-likeness (QED) is 0.565. The highest BCUT2D eigenvalue weighted by Crippen LogP contribution is 2.34. The molecule has 2 N–H and O–H groups in total. The van der Waals surface area contributed by atoms with Gasteiger partial charge in [-0.25, -0.2) is 8.42 Å². The fourth-order valence-corrected chi connectivity index (χ4v) is 6.42. The molecule has 1 saturated heterocycles. The van der Waals surface area contributed by atoms with Gasteiger partial charge in [-0.15, -0.1) is 0 Å². The molecule has 9 heteroatoms. The second-order valence-corrected chi connectivity index (χ2v) is 12.6. The van der Waals surface area contributed by atoms with Crippen LogP contribution in [0.3, 0.4) is 0 Å². The molecule has 35 heavy (non-hydrogen) atoms. The zero-order valence-electron chi connectivity index (χ0n) is 20.5. The normalized spacial score (nSPS) is 20.8. The number of carbonyl (C=O) groups is 1. The van der Waals surface area contributed by atoms with Crippen molar-refractivity contribution in [2.75, 3.05) is 13.2 Å². The van der Waals surface area contributed by atoms with E-state index < -0.39 is 10.0 Å². The van der Waals surface area contributed by atoms with E-state index in [1.165, 1.54) is 16.4 Å². The van der Waals surface area contributed by atoms with Gasteiger partial charge >= 0.3 is 0 Å². The molecular weight excluding hydrogens is 486 g/mol. The van der Waals surface area contributed by atoms with Gasteiger partial charge in [0.1, 0.15) is 5.75 Å². The van der Waals surface area contributed by atoms with Gasteiger partial charge in [-0.05, 0) is 69.5 Å². The fourth-order valence-electron chi connectivity index (χ4n) is 4.60. The highest BCUT2D eigenvalue weighted by atomic mass is 35.5. The number of hydrogen-bond donors (Lipinski definition) is 2. The Morgan fingerprint density at radius 2 is 1.89 bits per heavy atom. The first-order chi connectivity index (χ1) is 16.5. The van der Waals surface area contributed by atoms with Gasteiger partial charge in [0, 0.05) is 48.1 Å². The lowest BCUT2D eigenvalue weighted by Gasteiger charge is -2.29. The summed E-state index contributed by atoms with van der Waals surface area (Å²) >= 11 is 5.92. The number of fused-ring (bicyclic) bond motifs is 1. The average Bonchev–Trinajstić information content (AvgIpc) is 3.26. The lowest BCUT2D eigenvalue weighted by Crippen LogP contribution is -2.40. The minimum Gasteiger partial charge on any atom is -0.493 e. The largest absolute Gasteiger partial charge is 0.493 e. The van der Waals surface area contributed by atoms with Crippen molar-refractivity contribution in [2.45, 2.75) is 75.5 Å². The van der Waals surface area contributed by atoms with Crippen LogP contribution in [-0.4, -0.2) is 43.4 Å². The highest BCUT2D eigenvalue weighted by molar-refractivity contribution is 7.89. The molecule has 0 saturated carbocycles. The summed E-state index contributed by atoms with van der Waals surface area (Å²) in [4.78, 5) is 13.2. The Labute approximate surface area is 213 Å². The number of nitrogens with zero attached hydrogens (tertiary/aromatic N) is 1. The van der Waals surface area contributed by atoms with Gasteiger partial charge in [0.25, 0.3) is 0 Å². The summed E-state index contributed by atoms with van der Waals surface area (Å²) in [5.74, 6) is 0.645. The summed E-state index contributed by atoms with van der Waals surface area (Å²) in [6.45, 7) is 8.04. The van der Waals surface area contributed by atoms with Gasteiger partial charge in [-0.2, -0.15) is 4.31 Å². The standard InChI is InChI=1S/C26H34ClN3O4S/c1-26(2,3)28-17-18-6-11-22-23(12-14-34-24(22)15-18)29-25(31)16-20-5-4-13-30(20)35(32,33)21-9-7-19(27)8-10-21/h6-11,15,20,23,28H,4-5,12-14,16-17H2,1-3H3,(H,29,31)/t20-,23+/m0/s1. The van der Waals surface area contributed by atoms with Crippen molar-refractivity contribution in [3.05, 3.63) is 58.6 Å². The topological polar surface area (TPSA) is 87.7 Å². The molecule has 2 aliphatic heterocycles. The number of carbonyl (C=O) groups excluding carboxylic acids is 1. The van der Waals surface area contributed by atoms with Crippen molar-refractivity contribution in [2.24, 2.45) is 0 Å². The van der Waals surface area contributed by atoms with Crippen molar-refractivity contribution in [1.82, 2.24) is 14.9 Å². The fraction of sp³-hybridized carbons (Fsp3) is 0.500. The molecule has 2 heterocycles. The van der Waals surface area contributed by atoms with Gasteiger partial charge in [0.15, 0.2) is 0 Å². The van der Waals surface area contributed by atoms with E-state index in [1.807, 2.05) is 12.1 Å². The number of sulfonamides is 1. The number of hydrogen-bond acceptors (Lipinski definition) is 5. The SMILES string of the molecule is CC(C)(C)NCc1ccc2c(c1)OCC[C@H]2NC(=O)C[C@@H]1CCCN1S(=O)(=O)c1ccc(Cl)cc1. The van der Waals surface area contributed by atoms with Crippen molar-refractivity contribution in [1.29, 1.82) is 0 Å². The molecule has 4 rings (SSSR count).